The van der Waals surface area contributed by atoms with E-state index < -0.39 is 74.9 Å². The molecule has 5 rings (SSSR count). The van der Waals surface area contributed by atoms with Gasteiger partial charge in [-0.1, -0.05) is 37.6 Å². The maximum atomic E-state index is 12.7. The second-order valence-corrected chi connectivity index (χ2v) is 18.5. The zero-order chi connectivity index (χ0) is 37.9. The third-order valence-corrected chi connectivity index (χ3v) is 10.6. The largest absolute Gasteiger partial charge is 0.310 e. The Labute approximate surface area is 292 Å². The molecule has 1 atom stereocenters. The van der Waals surface area contributed by atoms with E-state index in [1.165, 1.54) is 12.2 Å². The highest BCUT2D eigenvalue weighted by Crippen LogP contribution is 2.39. The highest BCUT2D eigenvalue weighted by molar-refractivity contribution is 7.93. The van der Waals surface area contributed by atoms with E-state index in [2.05, 4.69) is 30.0 Å². The number of rotatable bonds is 9. The Balaban J connectivity index is 1.63. The number of aromatic nitrogens is 2. The van der Waals surface area contributed by atoms with E-state index in [-0.39, 0.29) is 45.1 Å². The topological polar surface area (TPSA) is 293 Å². The first-order valence-electron chi connectivity index (χ1n) is 14.7. The van der Waals surface area contributed by atoms with Crippen LogP contribution < -0.4 is 26.8 Å². The number of nitrogens with one attached hydrogen (secondary N) is 3. The number of amidine groups is 1. The molecule has 276 valence electrons. The van der Waals surface area contributed by atoms with Gasteiger partial charge in [-0.15, -0.1) is 8.80 Å². The zero-order valence-electron chi connectivity index (χ0n) is 27.2. The number of allylic oxidation sites excluding steroid dienone is 3. The fourth-order valence-electron chi connectivity index (χ4n) is 5.90. The first-order valence-corrected chi connectivity index (χ1v) is 20.9. The SMILES string of the molecule is CC(=O)NC1=CS(=O)(=O)N=C2C(C=CC3=CC(C=c4c(CS(=O)(=O)O)nn5c4=NS(=O)(=O)C=C5NC(C)=O)CC(C)(C)C3)=C(CS(=O)(=O)O)NN12. The molecule has 1 aromatic heterocycles. The molecule has 0 spiro atoms. The van der Waals surface area contributed by atoms with Crippen LogP contribution in [0.3, 0.4) is 0 Å². The van der Waals surface area contributed by atoms with Gasteiger partial charge in [-0.3, -0.25) is 24.1 Å². The van der Waals surface area contributed by atoms with Crippen LogP contribution in [0.2, 0.25) is 0 Å². The molecule has 0 fully saturated rings. The van der Waals surface area contributed by atoms with Crippen LogP contribution >= 0.6 is 0 Å². The third-order valence-electron chi connectivity index (χ3n) is 7.41. The lowest BCUT2D eigenvalue weighted by molar-refractivity contribution is -0.119. The number of sulfonamides is 2. The fourth-order valence-corrected chi connectivity index (χ4v) is 8.87. The van der Waals surface area contributed by atoms with Crippen LogP contribution in [0.25, 0.3) is 11.9 Å². The van der Waals surface area contributed by atoms with Crippen LogP contribution in [0.1, 0.15) is 46.2 Å². The number of nitrogens with zero attached hydrogens (tertiary/aromatic N) is 5. The van der Waals surface area contributed by atoms with Gasteiger partial charge >= 0.3 is 0 Å². The Morgan fingerprint density at radius 1 is 0.961 bits per heavy atom. The summed E-state index contributed by atoms with van der Waals surface area (Å²) in [6, 6.07) is 0. The van der Waals surface area contributed by atoms with Gasteiger partial charge in [-0.25, -0.2) is 5.01 Å². The van der Waals surface area contributed by atoms with Crippen molar-refractivity contribution in [2.75, 3.05) is 5.75 Å². The van der Waals surface area contributed by atoms with Gasteiger partial charge in [0.25, 0.3) is 40.3 Å². The van der Waals surface area contributed by atoms with Crippen molar-refractivity contribution in [2.24, 2.45) is 20.1 Å². The van der Waals surface area contributed by atoms with Gasteiger partial charge < -0.3 is 10.6 Å². The third kappa shape index (κ3) is 9.25. The van der Waals surface area contributed by atoms with Gasteiger partial charge in [0.2, 0.25) is 11.8 Å². The van der Waals surface area contributed by atoms with Gasteiger partial charge in [0, 0.05) is 24.6 Å². The van der Waals surface area contributed by atoms with E-state index in [9.17, 15) is 52.4 Å². The molecule has 4 heterocycles. The Morgan fingerprint density at radius 2 is 1.55 bits per heavy atom. The number of carbonyl (C=O) groups excluding carboxylic acids is 2. The molecule has 20 nitrogen and oxygen atoms in total. The number of hydrogen-bond acceptors (Lipinski definition) is 13. The van der Waals surface area contributed by atoms with Crippen molar-refractivity contribution in [1.29, 1.82) is 0 Å². The maximum absolute atomic E-state index is 12.7. The molecule has 1 aromatic rings. The number of amides is 2. The van der Waals surface area contributed by atoms with Gasteiger partial charge in [-0.05, 0) is 30.3 Å². The molecule has 51 heavy (non-hydrogen) atoms. The standard InChI is InChI=1S/C27H32N8O12S4/c1-15(36)28-23-13-48(38,39)32-25-19(21(30-34(23)25)11-50(42,43)44)6-5-17-7-18(10-27(3,4)9-17)8-20-22(12-51(45,46)47)31-35-24(29-16(2)37)14-49(40,41)33-26(20)35/h5-8,13-14,18,30H,9-12H2,1-4H3,(H,28,36)(H,29,37)(H,42,43,44)(H,45,46,47). The summed E-state index contributed by atoms with van der Waals surface area (Å²) in [6.45, 7) is 6.08. The summed E-state index contributed by atoms with van der Waals surface area (Å²) in [5.74, 6) is -4.70. The molecule has 5 N–H and O–H groups in total. The predicted octanol–water partition coefficient (Wildman–Crippen LogP) is -1.54. The smallest absolute Gasteiger partial charge is 0.281 e. The maximum Gasteiger partial charge on any atom is 0.281 e. The predicted molar refractivity (Wildman–Crippen MR) is 180 cm³/mol. The molecule has 1 unspecified atom stereocenters. The summed E-state index contributed by atoms with van der Waals surface area (Å²) in [7, 11) is -17.9. The van der Waals surface area contributed by atoms with Crippen molar-refractivity contribution in [3.05, 3.63) is 68.1 Å². The molecule has 0 aromatic carbocycles. The molecule has 0 bridgehead atoms. The van der Waals surface area contributed by atoms with Crippen LogP contribution in [0.15, 0.2) is 60.5 Å². The quantitative estimate of drug-likeness (QED) is 0.177. The zero-order valence-corrected chi connectivity index (χ0v) is 30.5. The number of hydrazine groups is 1. The first kappa shape index (κ1) is 37.8. The van der Waals surface area contributed by atoms with E-state index in [1.807, 2.05) is 13.8 Å². The molecular weight excluding hydrogens is 757 g/mol. The summed E-state index contributed by atoms with van der Waals surface area (Å²) in [5.41, 5.74) is 2.04. The lowest BCUT2D eigenvalue weighted by atomic mass is 9.72. The molecule has 0 saturated carbocycles. The minimum Gasteiger partial charge on any atom is -0.310 e. The molecule has 2 amide bonds. The van der Waals surface area contributed by atoms with Gasteiger partial charge in [0.05, 0.1) is 22.2 Å². The molecule has 4 aliphatic rings. The van der Waals surface area contributed by atoms with Crippen molar-refractivity contribution in [3.8, 4) is 0 Å². The summed E-state index contributed by atoms with van der Waals surface area (Å²) in [4.78, 5) is 23.6. The van der Waals surface area contributed by atoms with Crippen molar-refractivity contribution in [2.45, 2.75) is 46.3 Å². The first-order chi connectivity index (χ1) is 23.3. The van der Waals surface area contributed by atoms with Crippen LogP contribution in [0, 0.1) is 11.3 Å². The summed E-state index contributed by atoms with van der Waals surface area (Å²) in [5, 5.41) is 11.1. The number of carbonyl (C=O) groups is 2. The molecule has 0 saturated heterocycles. The second kappa shape index (κ2) is 12.9. The molecule has 0 radical (unpaired) electrons. The molecular formula is C27H32N8O12S4. The van der Waals surface area contributed by atoms with Crippen molar-refractivity contribution in [1.82, 2.24) is 30.8 Å². The minimum absolute atomic E-state index is 0.0396. The van der Waals surface area contributed by atoms with Gasteiger partial charge in [0.1, 0.15) is 23.1 Å². The van der Waals surface area contributed by atoms with E-state index in [4.69, 9.17) is 0 Å². The van der Waals surface area contributed by atoms with E-state index >= 15 is 0 Å². The summed E-state index contributed by atoms with van der Waals surface area (Å²) < 4.78 is 126. The monoisotopic (exact) mass is 788 g/mol. The van der Waals surface area contributed by atoms with Crippen molar-refractivity contribution in [3.63, 3.8) is 0 Å². The lowest BCUT2D eigenvalue weighted by Gasteiger charge is -2.33. The number of hydrogen-bond donors (Lipinski definition) is 5. The Morgan fingerprint density at radius 3 is 2.16 bits per heavy atom. The molecule has 3 aliphatic heterocycles. The van der Waals surface area contributed by atoms with E-state index in [1.54, 1.807) is 12.2 Å². The minimum atomic E-state index is -4.69. The second-order valence-electron chi connectivity index (χ2n) is 12.7. The normalized spacial score (nSPS) is 22.5. The van der Waals surface area contributed by atoms with Gasteiger partial charge in [-0.2, -0.15) is 43.5 Å². The molecule has 1 aliphatic carbocycles. The Kier molecular flexibility index (Phi) is 9.57. The van der Waals surface area contributed by atoms with Crippen LogP contribution in [0.5, 0.6) is 0 Å². The lowest BCUT2D eigenvalue weighted by Crippen LogP contribution is -2.44. The van der Waals surface area contributed by atoms with Crippen molar-refractivity contribution < 1.29 is 52.4 Å². The van der Waals surface area contributed by atoms with Crippen molar-refractivity contribution >= 4 is 69.8 Å². The average Bonchev–Trinajstić information content (AvgIpc) is 3.39. The molecule has 24 heteroatoms. The highest BCUT2D eigenvalue weighted by atomic mass is 32.2. The highest BCUT2D eigenvalue weighted by Gasteiger charge is 2.37. The van der Waals surface area contributed by atoms with E-state index in [0.717, 1.165) is 23.5 Å². The average molecular weight is 789 g/mol. The van der Waals surface area contributed by atoms with E-state index in [0.29, 0.717) is 29.2 Å². The number of fused-ring (bicyclic) bond motifs is 2. The fraction of sp³-hybridized carbons (Fsp3) is 0.370. The summed E-state index contributed by atoms with van der Waals surface area (Å²) in [6.07, 6.45) is 7.05. The van der Waals surface area contributed by atoms with Crippen LogP contribution in [-0.4, -0.2) is 81.0 Å². The van der Waals surface area contributed by atoms with Crippen LogP contribution in [0.4, 0.5) is 0 Å². The van der Waals surface area contributed by atoms with Gasteiger partial charge in [0.15, 0.2) is 11.3 Å². The van der Waals surface area contributed by atoms with Crippen LogP contribution in [-0.2, 0) is 55.6 Å². The Hall–Kier alpha value is -4.49. The summed E-state index contributed by atoms with van der Waals surface area (Å²) >= 11 is 0. The Bertz CT molecular complexity index is 2520.